The molecule has 0 atom stereocenters. The van der Waals surface area contributed by atoms with Gasteiger partial charge in [-0.1, -0.05) is 17.7 Å². The Morgan fingerprint density at radius 2 is 2.04 bits per heavy atom. The Morgan fingerprint density at radius 3 is 2.71 bits per heavy atom. The zero-order chi connectivity index (χ0) is 17.3. The molecule has 1 aromatic carbocycles. The van der Waals surface area contributed by atoms with Crippen LogP contribution in [0.4, 0.5) is 0 Å². The molecule has 0 spiro atoms. The number of likely N-dealkylation sites (tertiary alicyclic amines) is 1. The number of halogens is 1. The fraction of sp³-hybridized carbons (Fsp3) is 0.444. The summed E-state index contributed by atoms with van der Waals surface area (Å²) in [7, 11) is 1.83. The first kappa shape index (κ1) is 16.8. The van der Waals surface area contributed by atoms with Gasteiger partial charge in [-0.25, -0.2) is 0 Å². The van der Waals surface area contributed by atoms with Crippen molar-refractivity contribution in [2.45, 2.75) is 32.2 Å². The first-order valence-corrected chi connectivity index (χ1v) is 8.60. The number of aromatic nitrogens is 1. The van der Waals surface area contributed by atoms with Crippen LogP contribution in [0.15, 0.2) is 24.4 Å². The largest absolute Gasteiger partial charge is 0.361 e. The van der Waals surface area contributed by atoms with Crippen LogP contribution in [-0.2, 0) is 16.0 Å². The number of benzene rings is 1. The third kappa shape index (κ3) is 3.41. The summed E-state index contributed by atoms with van der Waals surface area (Å²) in [5.74, 6) is 0.215. The fourth-order valence-corrected chi connectivity index (χ4v) is 3.51. The highest BCUT2D eigenvalue weighted by atomic mass is 35.5. The summed E-state index contributed by atoms with van der Waals surface area (Å²) < 4.78 is 0. The van der Waals surface area contributed by atoms with Crippen LogP contribution in [0, 0.1) is 0 Å². The lowest BCUT2D eigenvalue weighted by Gasteiger charge is -2.36. The maximum Gasteiger partial charge on any atom is 0.227 e. The topological polar surface area (TPSA) is 56.4 Å². The zero-order valence-corrected chi connectivity index (χ0v) is 14.8. The molecule has 6 heteroatoms. The van der Waals surface area contributed by atoms with Crippen molar-refractivity contribution in [2.75, 3.05) is 20.1 Å². The number of hydrogen-bond donors (Lipinski definition) is 1. The van der Waals surface area contributed by atoms with Crippen LogP contribution in [-0.4, -0.2) is 52.8 Å². The van der Waals surface area contributed by atoms with Crippen molar-refractivity contribution in [3.63, 3.8) is 0 Å². The van der Waals surface area contributed by atoms with E-state index in [4.69, 9.17) is 11.6 Å². The number of fused-ring (bicyclic) bond motifs is 1. The highest BCUT2D eigenvalue weighted by Gasteiger charge is 2.26. The van der Waals surface area contributed by atoms with Crippen LogP contribution in [0.5, 0.6) is 0 Å². The molecule has 1 aromatic heterocycles. The molecular weight excluding hydrogens is 326 g/mol. The molecule has 1 fully saturated rings. The molecule has 2 aromatic rings. The minimum Gasteiger partial charge on any atom is -0.361 e. The lowest BCUT2D eigenvalue weighted by Crippen LogP contribution is -2.47. The number of hydrogen-bond acceptors (Lipinski definition) is 2. The second-order valence-corrected chi connectivity index (χ2v) is 6.86. The van der Waals surface area contributed by atoms with Gasteiger partial charge < -0.3 is 14.8 Å². The van der Waals surface area contributed by atoms with Gasteiger partial charge in [0.05, 0.1) is 6.42 Å². The lowest BCUT2D eigenvalue weighted by atomic mass is 10.0. The number of carbonyl (C=O) groups is 2. The second kappa shape index (κ2) is 6.85. The molecule has 0 unspecified atom stereocenters. The van der Waals surface area contributed by atoms with Crippen molar-refractivity contribution < 1.29 is 9.59 Å². The second-order valence-electron chi connectivity index (χ2n) is 6.42. The Bertz CT molecular complexity index is 763. The molecule has 0 radical (unpaired) electrons. The van der Waals surface area contributed by atoms with Gasteiger partial charge in [0, 0.05) is 55.2 Å². The van der Waals surface area contributed by atoms with Crippen LogP contribution in [0.3, 0.4) is 0 Å². The van der Waals surface area contributed by atoms with Crippen LogP contribution in [0.2, 0.25) is 5.02 Å². The van der Waals surface area contributed by atoms with Crippen molar-refractivity contribution in [3.8, 4) is 0 Å². The monoisotopic (exact) mass is 347 g/mol. The Kier molecular flexibility index (Phi) is 4.81. The van der Waals surface area contributed by atoms with Gasteiger partial charge >= 0.3 is 0 Å². The normalized spacial score (nSPS) is 15.7. The molecule has 2 heterocycles. The molecule has 3 rings (SSSR count). The number of carbonyl (C=O) groups excluding carboxylic acids is 2. The molecule has 2 amide bonds. The van der Waals surface area contributed by atoms with Crippen LogP contribution >= 0.6 is 11.6 Å². The lowest BCUT2D eigenvalue weighted by molar-refractivity contribution is -0.134. The van der Waals surface area contributed by atoms with E-state index in [-0.39, 0.29) is 17.9 Å². The minimum atomic E-state index is 0.0808. The quantitative estimate of drug-likeness (QED) is 0.928. The van der Waals surface area contributed by atoms with Gasteiger partial charge in [-0.2, -0.15) is 0 Å². The molecule has 0 aliphatic carbocycles. The molecule has 24 heavy (non-hydrogen) atoms. The number of aromatic amines is 1. The van der Waals surface area contributed by atoms with Crippen LogP contribution in [0.25, 0.3) is 10.9 Å². The average molecular weight is 348 g/mol. The summed E-state index contributed by atoms with van der Waals surface area (Å²) in [5, 5.41) is 1.72. The van der Waals surface area contributed by atoms with Crippen molar-refractivity contribution >= 4 is 34.3 Å². The number of amides is 2. The van der Waals surface area contributed by atoms with Gasteiger partial charge in [0.1, 0.15) is 0 Å². The van der Waals surface area contributed by atoms with Crippen LogP contribution in [0.1, 0.15) is 25.3 Å². The van der Waals surface area contributed by atoms with Gasteiger partial charge in [-0.3, -0.25) is 9.59 Å². The SMILES string of the molecule is CC(=O)N(C)C1CCN(C(=O)Cc2c[nH]c3cc(Cl)ccc23)CC1. The Labute approximate surface area is 146 Å². The van der Waals surface area contributed by atoms with E-state index in [1.54, 1.807) is 11.8 Å². The molecule has 1 saturated heterocycles. The zero-order valence-electron chi connectivity index (χ0n) is 14.0. The number of piperidine rings is 1. The van der Waals surface area contributed by atoms with Crippen molar-refractivity contribution in [2.24, 2.45) is 0 Å². The van der Waals surface area contributed by atoms with E-state index in [1.165, 1.54) is 0 Å². The standard InChI is InChI=1S/C18H22ClN3O2/c1-12(23)21(2)15-5-7-22(8-6-15)18(24)9-13-11-20-17-10-14(19)3-4-16(13)17/h3-4,10-11,15,20H,5-9H2,1-2H3. The summed E-state index contributed by atoms with van der Waals surface area (Å²) in [6, 6.07) is 5.90. The summed E-state index contributed by atoms with van der Waals surface area (Å²) in [6.07, 6.45) is 3.95. The van der Waals surface area contributed by atoms with Gasteiger partial charge in [-0.05, 0) is 30.5 Å². The maximum absolute atomic E-state index is 12.6. The Balaban J connectivity index is 1.62. The van der Waals surface area contributed by atoms with Crippen molar-refractivity contribution in [1.29, 1.82) is 0 Å². The Morgan fingerprint density at radius 1 is 1.33 bits per heavy atom. The third-order valence-corrected chi connectivity index (χ3v) is 5.17. The summed E-state index contributed by atoms with van der Waals surface area (Å²) in [6.45, 7) is 2.99. The Hall–Kier alpha value is -2.01. The number of rotatable bonds is 3. The fourth-order valence-electron chi connectivity index (χ4n) is 3.34. The smallest absolute Gasteiger partial charge is 0.227 e. The van der Waals surface area contributed by atoms with E-state index in [2.05, 4.69) is 4.98 Å². The highest BCUT2D eigenvalue weighted by Crippen LogP contribution is 2.23. The molecule has 1 aliphatic heterocycles. The molecule has 0 saturated carbocycles. The number of nitrogens with zero attached hydrogens (tertiary/aromatic N) is 2. The van der Waals surface area contributed by atoms with Crippen LogP contribution < -0.4 is 0 Å². The molecular formula is C18H22ClN3O2. The van der Waals surface area contributed by atoms with E-state index < -0.39 is 0 Å². The highest BCUT2D eigenvalue weighted by molar-refractivity contribution is 6.31. The number of H-pyrrole nitrogens is 1. The van der Waals surface area contributed by atoms with Crippen molar-refractivity contribution in [1.82, 2.24) is 14.8 Å². The predicted octanol–water partition coefficient (Wildman–Crippen LogP) is 2.83. The molecule has 5 nitrogen and oxygen atoms in total. The first-order valence-electron chi connectivity index (χ1n) is 8.22. The van der Waals surface area contributed by atoms with Gasteiger partial charge in [-0.15, -0.1) is 0 Å². The molecule has 0 bridgehead atoms. The molecule has 1 aliphatic rings. The summed E-state index contributed by atoms with van der Waals surface area (Å²) in [5.41, 5.74) is 1.95. The van der Waals surface area contributed by atoms with E-state index in [9.17, 15) is 9.59 Å². The van der Waals surface area contributed by atoms with E-state index in [0.717, 1.165) is 29.3 Å². The minimum absolute atomic E-state index is 0.0808. The number of nitrogens with one attached hydrogen (secondary N) is 1. The van der Waals surface area contributed by atoms with Gasteiger partial charge in [0.2, 0.25) is 11.8 Å². The maximum atomic E-state index is 12.6. The van der Waals surface area contributed by atoms with Gasteiger partial charge in [0.15, 0.2) is 0 Å². The summed E-state index contributed by atoms with van der Waals surface area (Å²) >= 11 is 5.99. The van der Waals surface area contributed by atoms with Crippen molar-refractivity contribution in [3.05, 3.63) is 35.0 Å². The predicted molar refractivity (Wildman–Crippen MR) is 95.1 cm³/mol. The van der Waals surface area contributed by atoms with E-state index >= 15 is 0 Å². The van der Waals surface area contributed by atoms with E-state index in [0.29, 0.717) is 24.5 Å². The van der Waals surface area contributed by atoms with E-state index in [1.807, 2.05) is 36.3 Å². The molecule has 1 N–H and O–H groups in total. The third-order valence-electron chi connectivity index (χ3n) is 4.93. The summed E-state index contributed by atoms with van der Waals surface area (Å²) in [4.78, 5) is 30.9. The molecule has 128 valence electrons. The first-order chi connectivity index (χ1) is 11.5. The van der Waals surface area contributed by atoms with Gasteiger partial charge in [0.25, 0.3) is 0 Å². The average Bonchev–Trinajstić information content (AvgIpc) is 2.96.